The van der Waals surface area contributed by atoms with Crippen LogP contribution in [0.3, 0.4) is 0 Å². The van der Waals surface area contributed by atoms with Gasteiger partial charge in [0.2, 0.25) is 0 Å². The molecule has 1 aliphatic rings. The van der Waals surface area contributed by atoms with Crippen LogP contribution in [0.25, 0.3) is 6.08 Å². The van der Waals surface area contributed by atoms with Crippen molar-refractivity contribution in [1.82, 2.24) is 4.90 Å². The number of carbonyl (C=O) groups is 2. The summed E-state index contributed by atoms with van der Waals surface area (Å²) in [5.41, 5.74) is 1.95. The first-order chi connectivity index (χ1) is 12.0. The summed E-state index contributed by atoms with van der Waals surface area (Å²) >= 11 is 6.65. The van der Waals surface area contributed by atoms with Crippen LogP contribution in [0.15, 0.2) is 70.1 Å². The molecule has 1 aliphatic heterocycles. The zero-order chi connectivity index (χ0) is 17.8. The first-order valence-corrected chi connectivity index (χ1v) is 10.1. The second kappa shape index (κ2) is 8.33. The molecule has 25 heavy (non-hydrogen) atoms. The minimum Gasteiger partial charge on any atom is -0.268 e. The first-order valence-electron chi connectivity index (χ1n) is 7.45. The van der Waals surface area contributed by atoms with Crippen molar-refractivity contribution < 1.29 is 9.59 Å². The van der Waals surface area contributed by atoms with E-state index in [0.29, 0.717) is 11.4 Å². The molecule has 0 aromatic heterocycles. The van der Waals surface area contributed by atoms with E-state index in [9.17, 15) is 9.59 Å². The molecule has 0 unspecified atom stereocenters. The van der Waals surface area contributed by atoms with E-state index in [4.69, 9.17) is 0 Å². The van der Waals surface area contributed by atoms with Crippen LogP contribution in [-0.2, 0) is 11.3 Å². The van der Waals surface area contributed by atoms with Gasteiger partial charge in [-0.05, 0) is 69.8 Å². The summed E-state index contributed by atoms with van der Waals surface area (Å²) in [6.07, 6.45) is 3.61. The summed E-state index contributed by atoms with van der Waals surface area (Å²) in [5.74, 6) is -0.257. The number of allylic oxidation sites excluding steroid dienone is 2. The van der Waals surface area contributed by atoms with Crippen molar-refractivity contribution in [1.29, 1.82) is 0 Å². The Kier molecular flexibility index (Phi) is 6.14. The Morgan fingerprint density at radius 2 is 1.76 bits per heavy atom. The number of thioether (sulfide) groups is 1. The van der Waals surface area contributed by atoms with Crippen LogP contribution >= 0.6 is 50.3 Å². The number of hydrogen-bond acceptors (Lipinski definition) is 3. The van der Waals surface area contributed by atoms with Crippen molar-refractivity contribution in [3.63, 3.8) is 0 Å². The number of rotatable bonds is 4. The lowest BCUT2D eigenvalue weighted by atomic mass is 10.2. The maximum atomic E-state index is 12.5. The Morgan fingerprint density at radius 1 is 1.08 bits per heavy atom. The molecule has 0 spiro atoms. The van der Waals surface area contributed by atoms with Gasteiger partial charge in [0.1, 0.15) is 0 Å². The van der Waals surface area contributed by atoms with Crippen LogP contribution in [-0.4, -0.2) is 16.0 Å². The first kappa shape index (κ1) is 18.4. The summed E-state index contributed by atoms with van der Waals surface area (Å²) < 4.78 is 1.86. The lowest BCUT2D eigenvalue weighted by molar-refractivity contribution is -0.123. The van der Waals surface area contributed by atoms with E-state index in [-0.39, 0.29) is 11.1 Å². The highest BCUT2D eigenvalue weighted by atomic mass is 127. The molecule has 2 aromatic carbocycles. The number of hydrogen-bond donors (Lipinski definition) is 0. The average molecular weight is 526 g/mol. The largest absolute Gasteiger partial charge is 0.293 e. The van der Waals surface area contributed by atoms with E-state index in [1.165, 1.54) is 4.90 Å². The van der Waals surface area contributed by atoms with Gasteiger partial charge < -0.3 is 0 Å². The van der Waals surface area contributed by atoms with E-state index in [2.05, 4.69) is 38.5 Å². The SMILES string of the molecule is O=C1S/C(=C\C(Br)=C\c2ccccc2)C(=O)N1Cc1ccc(I)cc1. The molecule has 0 N–H and O–H groups in total. The zero-order valence-electron chi connectivity index (χ0n) is 13.0. The molecular formula is C19H13BrINO2S. The standard InChI is InChI=1S/C19H13BrINO2S/c20-15(10-13-4-2-1-3-5-13)11-17-18(23)22(19(24)25-17)12-14-6-8-16(21)9-7-14/h1-11H,12H2/b15-10-,17-11-. The molecule has 3 rings (SSSR count). The maximum Gasteiger partial charge on any atom is 0.293 e. The molecule has 6 heteroatoms. The number of nitrogens with zero attached hydrogens (tertiary/aromatic N) is 1. The van der Waals surface area contributed by atoms with Crippen molar-refractivity contribution in [2.24, 2.45) is 0 Å². The number of carbonyl (C=O) groups excluding carboxylic acids is 2. The molecule has 126 valence electrons. The second-order valence-corrected chi connectivity index (χ2v) is 8.49. The summed E-state index contributed by atoms with van der Waals surface area (Å²) in [7, 11) is 0. The third-order valence-electron chi connectivity index (χ3n) is 3.50. The number of amides is 2. The fourth-order valence-corrected chi connectivity index (χ4v) is 4.12. The van der Waals surface area contributed by atoms with Gasteiger partial charge >= 0.3 is 0 Å². The molecule has 0 radical (unpaired) electrons. The third-order valence-corrected chi connectivity index (χ3v) is 5.59. The molecule has 0 saturated carbocycles. The van der Waals surface area contributed by atoms with Crippen LogP contribution in [0, 0.1) is 3.57 Å². The van der Waals surface area contributed by atoms with Crippen molar-refractivity contribution in [2.75, 3.05) is 0 Å². The van der Waals surface area contributed by atoms with Gasteiger partial charge in [0.05, 0.1) is 11.4 Å². The van der Waals surface area contributed by atoms with Gasteiger partial charge in [-0.25, -0.2) is 0 Å². The van der Waals surface area contributed by atoms with Gasteiger partial charge in [-0.1, -0.05) is 58.4 Å². The predicted octanol–water partition coefficient (Wildman–Crippen LogP) is 5.81. The molecule has 0 atom stereocenters. The third kappa shape index (κ3) is 4.83. The van der Waals surface area contributed by atoms with E-state index < -0.39 is 0 Å². The molecule has 1 heterocycles. The monoisotopic (exact) mass is 525 g/mol. The summed E-state index contributed by atoms with van der Waals surface area (Å²) in [6.45, 7) is 0.291. The Balaban J connectivity index is 1.76. The molecule has 1 fully saturated rings. The smallest absolute Gasteiger partial charge is 0.268 e. The highest BCUT2D eigenvalue weighted by Gasteiger charge is 2.34. The number of benzene rings is 2. The minimum atomic E-state index is -0.257. The van der Waals surface area contributed by atoms with Gasteiger partial charge in [0, 0.05) is 8.05 Å². The number of imide groups is 1. The molecular weight excluding hydrogens is 513 g/mol. The second-order valence-electron chi connectivity index (χ2n) is 5.33. The summed E-state index contributed by atoms with van der Waals surface area (Å²) in [4.78, 5) is 26.4. The zero-order valence-corrected chi connectivity index (χ0v) is 17.5. The lowest BCUT2D eigenvalue weighted by Crippen LogP contribution is -2.27. The Morgan fingerprint density at radius 3 is 2.44 bits per heavy atom. The van der Waals surface area contributed by atoms with Gasteiger partial charge in [-0.15, -0.1) is 0 Å². The molecule has 3 nitrogen and oxygen atoms in total. The summed E-state index contributed by atoms with van der Waals surface area (Å²) in [5, 5.41) is -0.241. The van der Waals surface area contributed by atoms with Crippen LogP contribution in [0.4, 0.5) is 4.79 Å². The van der Waals surface area contributed by atoms with Gasteiger partial charge in [0.25, 0.3) is 11.1 Å². The number of halogens is 2. The van der Waals surface area contributed by atoms with Crippen molar-refractivity contribution in [3.8, 4) is 0 Å². The Bertz CT molecular complexity index is 863. The maximum absolute atomic E-state index is 12.5. The highest BCUT2D eigenvalue weighted by Crippen LogP contribution is 2.33. The predicted molar refractivity (Wildman–Crippen MR) is 114 cm³/mol. The van der Waals surface area contributed by atoms with Gasteiger partial charge in [-0.3, -0.25) is 14.5 Å². The summed E-state index contributed by atoms with van der Waals surface area (Å²) in [6, 6.07) is 17.6. The fourth-order valence-electron chi connectivity index (χ4n) is 2.28. The highest BCUT2D eigenvalue weighted by molar-refractivity contribution is 14.1. The van der Waals surface area contributed by atoms with Crippen molar-refractivity contribution >= 4 is 67.5 Å². The van der Waals surface area contributed by atoms with E-state index in [1.54, 1.807) is 6.08 Å². The van der Waals surface area contributed by atoms with Gasteiger partial charge in [0.15, 0.2) is 0 Å². The molecule has 2 amide bonds. The average Bonchev–Trinajstić information content (AvgIpc) is 2.85. The van der Waals surface area contributed by atoms with Crippen LogP contribution < -0.4 is 0 Å². The molecule has 0 aliphatic carbocycles. The Labute approximate surface area is 172 Å². The van der Waals surface area contributed by atoms with Crippen molar-refractivity contribution in [2.45, 2.75) is 6.54 Å². The van der Waals surface area contributed by atoms with E-state index in [1.807, 2.05) is 60.7 Å². The topological polar surface area (TPSA) is 37.4 Å². The quantitative estimate of drug-likeness (QED) is 0.373. The molecule has 1 saturated heterocycles. The fraction of sp³-hybridized carbons (Fsp3) is 0.0526. The lowest BCUT2D eigenvalue weighted by Gasteiger charge is -2.12. The minimum absolute atomic E-state index is 0.241. The van der Waals surface area contributed by atoms with Crippen molar-refractivity contribution in [3.05, 3.63) is 84.8 Å². The molecule has 2 aromatic rings. The van der Waals surface area contributed by atoms with Gasteiger partial charge in [-0.2, -0.15) is 0 Å². The molecule has 0 bridgehead atoms. The normalized spacial score (nSPS) is 16.8. The van der Waals surface area contributed by atoms with Crippen LogP contribution in [0.5, 0.6) is 0 Å². The van der Waals surface area contributed by atoms with Crippen LogP contribution in [0.1, 0.15) is 11.1 Å². The van der Waals surface area contributed by atoms with Crippen LogP contribution in [0.2, 0.25) is 0 Å². The van der Waals surface area contributed by atoms with E-state index >= 15 is 0 Å². The van der Waals surface area contributed by atoms with E-state index in [0.717, 1.165) is 30.9 Å². The Hall–Kier alpha value is -1.38.